The first-order chi connectivity index (χ1) is 7.27. The largest absolute Gasteiger partial charge is 0.383 e. The number of rotatable bonds is 0. The Balaban J connectivity index is 2.34. The van der Waals surface area contributed by atoms with Crippen molar-refractivity contribution in [2.45, 2.75) is 6.92 Å². The molecule has 15 heavy (non-hydrogen) atoms. The first kappa shape index (κ1) is 9.35. The standard InChI is InChI=1S/C12H11N3/c1-9-11(12(13)15-14-9)8-7-10-5-3-2-4-6-10/h2-6H,1H3,(H3,13,14,15). The summed E-state index contributed by atoms with van der Waals surface area (Å²) in [5.41, 5.74) is 8.26. The maximum Gasteiger partial charge on any atom is 0.135 e. The third-order valence-corrected chi connectivity index (χ3v) is 2.08. The number of nitrogens with zero attached hydrogens (tertiary/aromatic N) is 1. The Bertz CT molecular complexity index is 495. The minimum absolute atomic E-state index is 0.524. The summed E-state index contributed by atoms with van der Waals surface area (Å²) in [5.74, 6) is 6.57. The molecular formula is C12H11N3. The van der Waals surface area contributed by atoms with Crippen LogP contribution in [-0.2, 0) is 0 Å². The van der Waals surface area contributed by atoms with Gasteiger partial charge in [-0.05, 0) is 19.1 Å². The summed E-state index contributed by atoms with van der Waals surface area (Å²) in [6, 6.07) is 9.78. The molecule has 0 aliphatic heterocycles. The number of anilines is 1. The zero-order valence-electron chi connectivity index (χ0n) is 8.41. The van der Waals surface area contributed by atoms with Gasteiger partial charge >= 0.3 is 0 Å². The minimum Gasteiger partial charge on any atom is -0.383 e. The molecule has 3 heteroatoms. The Morgan fingerprint density at radius 2 is 1.93 bits per heavy atom. The first-order valence-corrected chi connectivity index (χ1v) is 4.65. The zero-order chi connectivity index (χ0) is 10.7. The summed E-state index contributed by atoms with van der Waals surface area (Å²) < 4.78 is 0. The van der Waals surface area contributed by atoms with Crippen molar-refractivity contribution in [3.05, 3.63) is 47.2 Å². The number of H-pyrrole nitrogens is 1. The summed E-state index contributed by atoms with van der Waals surface area (Å²) in [4.78, 5) is 0. The molecule has 3 nitrogen and oxygen atoms in total. The summed E-state index contributed by atoms with van der Waals surface area (Å²) >= 11 is 0. The predicted molar refractivity (Wildman–Crippen MR) is 60.2 cm³/mol. The van der Waals surface area contributed by atoms with Gasteiger partial charge in [0.15, 0.2) is 0 Å². The highest BCUT2D eigenvalue weighted by Gasteiger charge is 2.02. The van der Waals surface area contributed by atoms with Gasteiger partial charge in [0.1, 0.15) is 5.82 Å². The van der Waals surface area contributed by atoms with E-state index in [0.717, 1.165) is 16.8 Å². The lowest BCUT2D eigenvalue weighted by molar-refractivity contribution is 1.05. The van der Waals surface area contributed by atoms with Gasteiger partial charge in [-0.2, -0.15) is 5.10 Å². The van der Waals surface area contributed by atoms with E-state index in [-0.39, 0.29) is 0 Å². The molecule has 2 aromatic rings. The number of aromatic nitrogens is 2. The van der Waals surface area contributed by atoms with E-state index in [4.69, 9.17) is 5.73 Å². The SMILES string of the molecule is Cc1n[nH]c(N)c1C#Cc1ccccc1. The van der Waals surface area contributed by atoms with Crippen LogP contribution < -0.4 is 5.73 Å². The molecular weight excluding hydrogens is 186 g/mol. The van der Waals surface area contributed by atoms with E-state index in [0.29, 0.717) is 5.82 Å². The number of aromatic amines is 1. The second-order valence-corrected chi connectivity index (χ2v) is 3.21. The van der Waals surface area contributed by atoms with Gasteiger partial charge in [0.2, 0.25) is 0 Å². The third-order valence-electron chi connectivity index (χ3n) is 2.08. The average molecular weight is 197 g/mol. The van der Waals surface area contributed by atoms with E-state index in [1.165, 1.54) is 0 Å². The second kappa shape index (κ2) is 3.89. The molecule has 0 saturated carbocycles. The van der Waals surface area contributed by atoms with Crippen LogP contribution in [0, 0.1) is 18.8 Å². The lowest BCUT2D eigenvalue weighted by atomic mass is 10.2. The van der Waals surface area contributed by atoms with Crippen LogP contribution in [0.1, 0.15) is 16.8 Å². The molecule has 74 valence electrons. The van der Waals surface area contributed by atoms with Crippen molar-refractivity contribution in [2.24, 2.45) is 0 Å². The highest BCUT2D eigenvalue weighted by Crippen LogP contribution is 2.10. The summed E-state index contributed by atoms with van der Waals surface area (Å²) in [5, 5.41) is 6.67. The van der Waals surface area contributed by atoms with Crippen LogP contribution in [0.4, 0.5) is 5.82 Å². The van der Waals surface area contributed by atoms with E-state index in [2.05, 4.69) is 22.0 Å². The number of aryl methyl sites for hydroxylation is 1. The molecule has 0 aliphatic rings. The second-order valence-electron chi connectivity index (χ2n) is 3.21. The molecule has 0 bridgehead atoms. The fraction of sp³-hybridized carbons (Fsp3) is 0.0833. The number of nitrogens with two attached hydrogens (primary N) is 1. The Labute approximate surface area is 88.3 Å². The van der Waals surface area contributed by atoms with Gasteiger partial charge in [-0.3, -0.25) is 5.10 Å². The normalized spacial score (nSPS) is 9.40. The molecule has 0 spiro atoms. The Morgan fingerprint density at radius 1 is 1.20 bits per heavy atom. The van der Waals surface area contributed by atoms with E-state index in [1.54, 1.807) is 0 Å². The van der Waals surface area contributed by atoms with E-state index in [1.807, 2.05) is 37.3 Å². The lowest BCUT2D eigenvalue weighted by Crippen LogP contribution is -1.87. The number of nitrogens with one attached hydrogen (secondary N) is 1. The Hall–Kier alpha value is -2.21. The first-order valence-electron chi connectivity index (χ1n) is 4.65. The fourth-order valence-corrected chi connectivity index (χ4v) is 1.26. The van der Waals surface area contributed by atoms with Crippen LogP contribution in [0.5, 0.6) is 0 Å². The van der Waals surface area contributed by atoms with Gasteiger partial charge in [0.05, 0.1) is 11.3 Å². The zero-order valence-corrected chi connectivity index (χ0v) is 8.41. The van der Waals surface area contributed by atoms with Gasteiger partial charge < -0.3 is 5.73 Å². The van der Waals surface area contributed by atoms with Crippen LogP contribution in [0.25, 0.3) is 0 Å². The molecule has 0 radical (unpaired) electrons. The maximum atomic E-state index is 5.68. The van der Waals surface area contributed by atoms with E-state index in [9.17, 15) is 0 Å². The quantitative estimate of drug-likeness (QED) is 0.631. The van der Waals surface area contributed by atoms with Gasteiger partial charge in [-0.25, -0.2) is 0 Å². The molecule has 2 rings (SSSR count). The summed E-state index contributed by atoms with van der Waals surface area (Å²) in [6.07, 6.45) is 0. The van der Waals surface area contributed by atoms with Gasteiger partial charge in [0, 0.05) is 5.56 Å². The minimum atomic E-state index is 0.524. The lowest BCUT2D eigenvalue weighted by Gasteiger charge is -1.88. The molecule has 0 unspecified atom stereocenters. The molecule has 0 saturated heterocycles. The summed E-state index contributed by atoms with van der Waals surface area (Å²) in [7, 11) is 0. The number of hydrogen-bond donors (Lipinski definition) is 2. The molecule has 1 heterocycles. The van der Waals surface area contributed by atoms with Crippen LogP contribution in [0.15, 0.2) is 30.3 Å². The van der Waals surface area contributed by atoms with Crippen molar-refractivity contribution in [1.82, 2.24) is 10.2 Å². The van der Waals surface area contributed by atoms with E-state index < -0.39 is 0 Å². The van der Waals surface area contributed by atoms with Gasteiger partial charge in [-0.15, -0.1) is 0 Å². The molecule has 0 amide bonds. The van der Waals surface area contributed by atoms with Crippen molar-refractivity contribution >= 4 is 5.82 Å². The summed E-state index contributed by atoms with van der Waals surface area (Å²) in [6.45, 7) is 1.88. The number of benzene rings is 1. The Morgan fingerprint density at radius 3 is 2.53 bits per heavy atom. The predicted octanol–water partition coefficient (Wildman–Crippen LogP) is 1.70. The van der Waals surface area contributed by atoms with Gasteiger partial charge in [-0.1, -0.05) is 30.0 Å². The van der Waals surface area contributed by atoms with Crippen molar-refractivity contribution < 1.29 is 0 Å². The van der Waals surface area contributed by atoms with Crippen molar-refractivity contribution in [3.63, 3.8) is 0 Å². The van der Waals surface area contributed by atoms with Gasteiger partial charge in [0.25, 0.3) is 0 Å². The maximum absolute atomic E-state index is 5.68. The molecule has 1 aromatic carbocycles. The van der Waals surface area contributed by atoms with Crippen molar-refractivity contribution in [2.75, 3.05) is 5.73 Å². The molecule has 0 atom stereocenters. The molecule has 1 aromatic heterocycles. The molecule has 0 fully saturated rings. The molecule has 3 N–H and O–H groups in total. The smallest absolute Gasteiger partial charge is 0.135 e. The third kappa shape index (κ3) is 2.00. The number of nitrogen functional groups attached to an aromatic ring is 1. The van der Waals surface area contributed by atoms with Crippen LogP contribution in [0.2, 0.25) is 0 Å². The monoisotopic (exact) mass is 197 g/mol. The molecule has 0 aliphatic carbocycles. The number of hydrogen-bond acceptors (Lipinski definition) is 2. The average Bonchev–Trinajstić information content (AvgIpc) is 2.58. The van der Waals surface area contributed by atoms with E-state index >= 15 is 0 Å². The fourth-order valence-electron chi connectivity index (χ4n) is 1.26. The Kier molecular flexibility index (Phi) is 2.42. The van der Waals surface area contributed by atoms with Crippen LogP contribution in [-0.4, -0.2) is 10.2 Å². The van der Waals surface area contributed by atoms with Crippen LogP contribution >= 0.6 is 0 Å². The van der Waals surface area contributed by atoms with Crippen molar-refractivity contribution in [1.29, 1.82) is 0 Å². The topological polar surface area (TPSA) is 54.7 Å². The van der Waals surface area contributed by atoms with Crippen LogP contribution in [0.3, 0.4) is 0 Å². The van der Waals surface area contributed by atoms with Crippen molar-refractivity contribution in [3.8, 4) is 11.8 Å². The highest BCUT2D eigenvalue weighted by molar-refractivity contribution is 5.55. The highest BCUT2D eigenvalue weighted by atomic mass is 15.2.